The summed E-state index contributed by atoms with van der Waals surface area (Å²) in [5.74, 6) is -0.106. The molecule has 0 spiro atoms. The highest BCUT2D eigenvalue weighted by Gasteiger charge is 2.29. The van der Waals surface area contributed by atoms with Gasteiger partial charge in [0.25, 0.3) is 11.8 Å². The fraction of sp³-hybridized carbons (Fsp3) is 0.421. The van der Waals surface area contributed by atoms with E-state index >= 15 is 0 Å². The van der Waals surface area contributed by atoms with Gasteiger partial charge in [0.05, 0.1) is 16.4 Å². The Kier molecular flexibility index (Phi) is 5.61. The van der Waals surface area contributed by atoms with Crippen LogP contribution in [0, 0.1) is 0 Å². The smallest absolute Gasteiger partial charge is 0.289 e. The van der Waals surface area contributed by atoms with Crippen LogP contribution in [0.25, 0.3) is 0 Å². The summed E-state index contributed by atoms with van der Waals surface area (Å²) in [5, 5.41) is 3.28. The topological polar surface area (TPSA) is 67.2 Å². The zero-order valence-electron chi connectivity index (χ0n) is 15.1. The van der Waals surface area contributed by atoms with Gasteiger partial charge in [-0.1, -0.05) is 23.7 Å². The van der Waals surface area contributed by atoms with Crippen molar-refractivity contribution in [2.75, 3.05) is 18.4 Å². The van der Waals surface area contributed by atoms with Gasteiger partial charge in [-0.3, -0.25) is 9.59 Å². The van der Waals surface area contributed by atoms with E-state index in [1.807, 2.05) is 18.4 Å². The monoisotopic (exact) mass is 374 g/mol. The van der Waals surface area contributed by atoms with Crippen molar-refractivity contribution in [3.8, 4) is 0 Å². The van der Waals surface area contributed by atoms with Crippen molar-refractivity contribution in [3.05, 3.63) is 46.5 Å². The minimum atomic E-state index is -0.331. The van der Waals surface area contributed by atoms with Gasteiger partial charge in [-0.2, -0.15) is 0 Å². The second-order valence-electron chi connectivity index (χ2n) is 6.25. The van der Waals surface area contributed by atoms with Crippen molar-refractivity contribution >= 4 is 29.1 Å². The molecule has 1 aliphatic rings. The predicted octanol–water partition coefficient (Wildman–Crippen LogP) is 3.61. The van der Waals surface area contributed by atoms with Gasteiger partial charge in [0.2, 0.25) is 0 Å². The number of imidazole rings is 1. The van der Waals surface area contributed by atoms with Crippen LogP contribution in [0.4, 0.5) is 5.69 Å². The molecule has 2 aromatic rings. The molecular weight excluding hydrogens is 352 g/mol. The van der Waals surface area contributed by atoms with Crippen LogP contribution in [0.15, 0.2) is 24.3 Å². The van der Waals surface area contributed by atoms with Crippen LogP contribution in [-0.4, -0.2) is 39.4 Å². The van der Waals surface area contributed by atoms with Gasteiger partial charge in [0.15, 0.2) is 11.5 Å². The van der Waals surface area contributed by atoms with Gasteiger partial charge in [0.1, 0.15) is 0 Å². The number of carbonyl (C=O) groups excluding carboxylic acids is 2. The summed E-state index contributed by atoms with van der Waals surface area (Å²) in [5.41, 5.74) is 1.68. The van der Waals surface area contributed by atoms with E-state index in [0.29, 0.717) is 41.9 Å². The average Bonchev–Trinajstić information content (AvgIpc) is 3.04. The number of benzene rings is 1. The highest BCUT2D eigenvalue weighted by molar-refractivity contribution is 6.33. The van der Waals surface area contributed by atoms with Crippen LogP contribution in [-0.2, 0) is 13.0 Å². The Labute approximate surface area is 158 Å². The Morgan fingerprint density at radius 2 is 1.96 bits per heavy atom. The first-order chi connectivity index (χ1) is 12.6. The Morgan fingerprint density at radius 3 is 2.65 bits per heavy atom. The third-order valence-corrected chi connectivity index (χ3v) is 5.03. The third-order valence-electron chi connectivity index (χ3n) is 4.70. The number of hydrogen-bond donors (Lipinski definition) is 1. The molecule has 1 aromatic heterocycles. The summed E-state index contributed by atoms with van der Waals surface area (Å²) < 4.78 is 1.91. The van der Waals surface area contributed by atoms with Gasteiger partial charge < -0.3 is 14.8 Å². The summed E-state index contributed by atoms with van der Waals surface area (Å²) in [6.07, 6.45) is 2.70. The maximum absolute atomic E-state index is 12.8. The van der Waals surface area contributed by atoms with Crippen molar-refractivity contribution < 1.29 is 9.59 Å². The first kappa shape index (κ1) is 18.5. The molecule has 1 N–H and O–H groups in total. The second-order valence-corrected chi connectivity index (χ2v) is 6.66. The Hall–Kier alpha value is -2.34. The lowest BCUT2D eigenvalue weighted by atomic mass is 10.1. The van der Waals surface area contributed by atoms with Crippen LogP contribution < -0.4 is 5.32 Å². The Balaban J connectivity index is 1.96. The van der Waals surface area contributed by atoms with E-state index in [1.165, 1.54) is 0 Å². The van der Waals surface area contributed by atoms with E-state index in [2.05, 4.69) is 10.3 Å². The standard InChI is InChI=1S/C19H23ClN4O2/c1-3-23(4-2)19(26)17-22-16(15-11-7-8-12-24(15)17)18(25)21-14-10-6-5-9-13(14)20/h5-6,9-10H,3-4,7-8,11-12H2,1-2H3,(H,21,25). The number of rotatable bonds is 5. The zero-order valence-corrected chi connectivity index (χ0v) is 15.8. The van der Waals surface area contributed by atoms with Crippen molar-refractivity contribution in [1.82, 2.24) is 14.5 Å². The van der Waals surface area contributed by atoms with Crippen LogP contribution in [0.2, 0.25) is 5.02 Å². The number of para-hydroxylation sites is 1. The molecule has 0 radical (unpaired) electrons. The van der Waals surface area contributed by atoms with Crippen molar-refractivity contribution in [3.63, 3.8) is 0 Å². The van der Waals surface area contributed by atoms with Crippen molar-refractivity contribution in [1.29, 1.82) is 0 Å². The Bertz CT molecular complexity index is 827. The SMILES string of the molecule is CCN(CC)C(=O)c1nc(C(=O)Nc2ccccc2Cl)c2n1CCCC2. The largest absolute Gasteiger partial charge is 0.337 e. The summed E-state index contributed by atoms with van der Waals surface area (Å²) >= 11 is 6.13. The van der Waals surface area contributed by atoms with E-state index < -0.39 is 0 Å². The summed E-state index contributed by atoms with van der Waals surface area (Å²) in [6.45, 7) is 5.81. The summed E-state index contributed by atoms with van der Waals surface area (Å²) in [7, 11) is 0. The minimum Gasteiger partial charge on any atom is -0.337 e. The van der Waals surface area contributed by atoms with E-state index in [0.717, 1.165) is 25.0 Å². The highest BCUT2D eigenvalue weighted by atomic mass is 35.5. The highest BCUT2D eigenvalue weighted by Crippen LogP contribution is 2.25. The van der Waals surface area contributed by atoms with Crippen LogP contribution in [0.1, 0.15) is 53.5 Å². The summed E-state index contributed by atoms with van der Waals surface area (Å²) in [4.78, 5) is 31.8. The third kappa shape index (κ3) is 3.46. The maximum Gasteiger partial charge on any atom is 0.289 e. The van der Waals surface area contributed by atoms with E-state index in [9.17, 15) is 9.59 Å². The lowest BCUT2D eigenvalue weighted by Crippen LogP contribution is -2.33. The van der Waals surface area contributed by atoms with Gasteiger partial charge in [0, 0.05) is 19.6 Å². The molecule has 3 rings (SSSR count). The molecule has 6 nitrogen and oxygen atoms in total. The van der Waals surface area contributed by atoms with Crippen LogP contribution >= 0.6 is 11.6 Å². The summed E-state index contributed by atoms with van der Waals surface area (Å²) in [6, 6.07) is 7.07. The quantitative estimate of drug-likeness (QED) is 0.869. The van der Waals surface area contributed by atoms with E-state index in [1.54, 1.807) is 29.2 Å². The van der Waals surface area contributed by atoms with Crippen molar-refractivity contribution in [2.45, 2.75) is 39.7 Å². The normalized spacial score (nSPS) is 13.2. The number of aromatic nitrogens is 2. The molecule has 1 aliphatic heterocycles. The average molecular weight is 375 g/mol. The molecule has 1 aromatic carbocycles. The van der Waals surface area contributed by atoms with Gasteiger partial charge in [-0.05, 0) is 45.2 Å². The molecule has 7 heteroatoms. The first-order valence-electron chi connectivity index (χ1n) is 9.01. The number of carbonyl (C=O) groups is 2. The van der Waals surface area contributed by atoms with Crippen LogP contribution in [0.5, 0.6) is 0 Å². The van der Waals surface area contributed by atoms with E-state index in [-0.39, 0.29) is 11.8 Å². The molecule has 0 saturated carbocycles. The molecule has 138 valence electrons. The molecule has 0 unspecified atom stereocenters. The number of amides is 2. The number of fused-ring (bicyclic) bond motifs is 1. The maximum atomic E-state index is 12.8. The lowest BCUT2D eigenvalue weighted by molar-refractivity contribution is 0.0754. The first-order valence-corrected chi connectivity index (χ1v) is 9.39. The molecule has 0 aliphatic carbocycles. The molecule has 0 saturated heterocycles. The number of nitrogens with zero attached hydrogens (tertiary/aromatic N) is 3. The lowest BCUT2D eigenvalue weighted by Gasteiger charge is -2.21. The molecule has 0 atom stereocenters. The molecular formula is C19H23ClN4O2. The number of hydrogen-bond acceptors (Lipinski definition) is 3. The fourth-order valence-electron chi connectivity index (χ4n) is 3.28. The molecule has 2 heterocycles. The minimum absolute atomic E-state index is 0.130. The second kappa shape index (κ2) is 7.91. The van der Waals surface area contributed by atoms with Gasteiger partial charge in [-0.25, -0.2) is 4.98 Å². The molecule has 0 fully saturated rings. The predicted molar refractivity (Wildman–Crippen MR) is 102 cm³/mol. The number of nitrogens with one attached hydrogen (secondary N) is 1. The van der Waals surface area contributed by atoms with Crippen molar-refractivity contribution in [2.24, 2.45) is 0 Å². The number of anilines is 1. The molecule has 2 amide bonds. The van der Waals surface area contributed by atoms with Gasteiger partial charge in [-0.15, -0.1) is 0 Å². The van der Waals surface area contributed by atoms with Crippen LogP contribution in [0.3, 0.4) is 0 Å². The van der Waals surface area contributed by atoms with E-state index in [4.69, 9.17) is 11.6 Å². The van der Waals surface area contributed by atoms with Gasteiger partial charge >= 0.3 is 0 Å². The fourth-order valence-corrected chi connectivity index (χ4v) is 3.47. The number of halogens is 1. The Morgan fingerprint density at radius 1 is 1.23 bits per heavy atom. The molecule has 26 heavy (non-hydrogen) atoms. The molecule has 0 bridgehead atoms. The zero-order chi connectivity index (χ0) is 18.7.